The molecule has 0 spiro atoms. The SMILES string of the molecule is O=C(O)Cc1c[nH]c2cccc(O)c12. The molecule has 0 aliphatic rings. The van der Waals surface area contributed by atoms with Gasteiger partial charge in [-0.25, -0.2) is 0 Å². The molecule has 0 amide bonds. The number of aromatic hydroxyl groups is 1. The van der Waals surface area contributed by atoms with E-state index in [2.05, 4.69) is 4.98 Å². The zero-order chi connectivity index (χ0) is 10.1. The summed E-state index contributed by atoms with van der Waals surface area (Å²) < 4.78 is 0. The second-order valence-electron chi connectivity index (χ2n) is 3.08. The van der Waals surface area contributed by atoms with Crippen molar-refractivity contribution < 1.29 is 15.0 Å². The van der Waals surface area contributed by atoms with E-state index in [1.54, 1.807) is 24.4 Å². The summed E-state index contributed by atoms with van der Waals surface area (Å²) in [5, 5.41) is 18.8. The second kappa shape index (κ2) is 3.06. The van der Waals surface area contributed by atoms with Crippen molar-refractivity contribution in [2.75, 3.05) is 0 Å². The van der Waals surface area contributed by atoms with Gasteiger partial charge in [-0.2, -0.15) is 0 Å². The highest BCUT2D eigenvalue weighted by molar-refractivity contribution is 5.91. The molecule has 72 valence electrons. The number of aliphatic carboxylic acids is 1. The van der Waals surface area contributed by atoms with E-state index < -0.39 is 5.97 Å². The number of hydrogen-bond donors (Lipinski definition) is 3. The summed E-state index contributed by atoms with van der Waals surface area (Å²) in [6, 6.07) is 5.04. The first-order chi connectivity index (χ1) is 6.68. The molecule has 0 unspecified atom stereocenters. The number of carbonyl (C=O) groups is 1. The molecule has 4 heteroatoms. The van der Waals surface area contributed by atoms with Gasteiger partial charge in [0.25, 0.3) is 0 Å². The molecular formula is C10H9NO3. The van der Waals surface area contributed by atoms with E-state index in [4.69, 9.17) is 5.11 Å². The number of carboxylic acid groups (broad SMARTS) is 1. The normalized spacial score (nSPS) is 10.6. The average molecular weight is 191 g/mol. The lowest BCUT2D eigenvalue weighted by atomic mass is 10.1. The molecule has 4 nitrogen and oxygen atoms in total. The fourth-order valence-electron chi connectivity index (χ4n) is 1.54. The quantitative estimate of drug-likeness (QED) is 0.673. The molecule has 2 rings (SSSR count). The number of carboxylic acids is 1. The van der Waals surface area contributed by atoms with Gasteiger partial charge in [0.05, 0.1) is 6.42 Å². The van der Waals surface area contributed by atoms with Crippen molar-refractivity contribution in [3.05, 3.63) is 30.0 Å². The molecule has 14 heavy (non-hydrogen) atoms. The van der Waals surface area contributed by atoms with Crippen LogP contribution < -0.4 is 0 Å². The second-order valence-corrected chi connectivity index (χ2v) is 3.08. The van der Waals surface area contributed by atoms with Gasteiger partial charge in [-0.15, -0.1) is 0 Å². The molecule has 0 bridgehead atoms. The molecule has 2 aromatic rings. The predicted octanol–water partition coefficient (Wildman–Crippen LogP) is 1.50. The number of aromatic amines is 1. The van der Waals surface area contributed by atoms with Gasteiger partial charge in [-0.1, -0.05) is 6.07 Å². The van der Waals surface area contributed by atoms with Crippen molar-refractivity contribution >= 4 is 16.9 Å². The Morgan fingerprint density at radius 1 is 1.43 bits per heavy atom. The van der Waals surface area contributed by atoms with Crippen LogP contribution >= 0.6 is 0 Å². The van der Waals surface area contributed by atoms with Crippen LogP contribution in [-0.2, 0) is 11.2 Å². The fourth-order valence-corrected chi connectivity index (χ4v) is 1.54. The van der Waals surface area contributed by atoms with Crippen molar-refractivity contribution in [2.24, 2.45) is 0 Å². The number of phenolic OH excluding ortho intramolecular Hbond substituents is 1. The summed E-state index contributed by atoms with van der Waals surface area (Å²) in [6.45, 7) is 0. The van der Waals surface area contributed by atoms with Gasteiger partial charge in [0.1, 0.15) is 5.75 Å². The smallest absolute Gasteiger partial charge is 0.307 e. The number of fused-ring (bicyclic) bond motifs is 1. The molecule has 0 saturated carbocycles. The lowest BCUT2D eigenvalue weighted by Gasteiger charge is -1.97. The maximum atomic E-state index is 10.5. The van der Waals surface area contributed by atoms with Gasteiger partial charge in [0.2, 0.25) is 0 Å². The summed E-state index contributed by atoms with van der Waals surface area (Å²) >= 11 is 0. The van der Waals surface area contributed by atoms with Crippen LogP contribution in [0, 0.1) is 0 Å². The van der Waals surface area contributed by atoms with Crippen LogP contribution in [0.3, 0.4) is 0 Å². The van der Waals surface area contributed by atoms with Crippen LogP contribution in [0.5, 0.6) is 5.75 Å². The molecule has 0 aliphatic heterocycles. The Labute approximate surface area is 79.8 Å². The van der Waals surface area contributed by atoms with E-state index in [9.17, 15) is 9.90 Å². The highest BCUT2D eigenvalue weighted by Gasteiger charge is 2.10. The average Bonchev–Trinajstić information content (AvgIpc) is 2.49. The Balaban J connectivity index is 2.61. The predicted molar refractivity (Wildman–Crippen MR) is 51.3 cm³/mol. The Morgan fingerprint density at radius 2 is 2.21 bits per heavy atom. The summed E-state index contributed by atoms with van der Waals surface area (Å²) in [6.07, 6.45) is 1.52. The molecule has 0 fully saturated rings. The van der Waals surface area contributed by atoms with E-state index in [-0.39, 0.29) is 12.2 Å². The van der Waals surface area contributed by atoms with Crippen LogP contribution in [0.2, 0.25) is 0 Å². The fraction of sp³-hybridized carbons (Fsp3) is 0.100. The first kappa shape index (κ1) is 8.62. The third-order valence-electron chi connectivity index (χ3n) is 2.11. The van der Waals surface area contributed by atoms with Gasteiger partial charge in [-0.05, 0) is 17.7 Å². The van der Waals surface area contributed by atoms with E-state index in [0.717, 1.165) is 5.52 Å². The summed E-state index contributed by atoms with van der Waals surface area (Å²) in [5.74, 6) is -0.797. The van der Waals surface area contributed by atoms with Crippen molar-refractivity contribution in [2.45, 2.75) is 6.42 Å². The minimum atomic E-state index is -0.908. The number of phenols is 1. The maximum absolute atomic E-state index is 10.5. The highest BCUT2D eigenvalue weighted by atomic mass is 16.4. The molecule has 0 aliphatic carbocycles. The number of rotatable bonds is 2. The Morgan fingerprint density at radius 3 is 2.93 bits per heavy atom. The number of aromatic nitrogens is 1. The molecular weight excluding hydrogens is 182 g/mol. The topological polar surface area (TPSA) is 73.3 Å². The van der Waals surface area contributed by atoms with E-state index in [1.165, 1.54) is 0 Å². The van der Waals surface area contributed by atoms with Gasteiger partial charge >= 0.3 is 5.97 Å². The standard InChI is InChI=1S/C10H9NO3/c12-8-3-1-2-7-10(8)6(5-11-7)4-9(13)14/h1-3,5,11-12H,4H2,(H,13,14). The van der Waals surface area contributed by atoms with Gasteiger partial charge in [-0.3, -0.25) is 4.79 Å². The lowest BCUT2D eigenvalue weighted by molar-refractivity contribution is -0.136. The summed E-state index contributed by atoms with van der Waals surface area (Å²) in [7, 11) is 0. The van der Waals surface area contributed by atoms with Crippen LogP contribution in [0.1, 0.15) is 5.56 Å². The zero-order valence-electron chi connectivity index (χ0n) is 7.32. The molecule has 1 aromatic heterocycles. The van der Waals surface area contributed by atoms with Crippen LogP contribution in [0.4, 0.5) is 0 Å². The summed E-state index contributed by atoms with van der Waals surface area (Å²) in [4.78, 5) is 13.4. The van der Waals surface area contributed by atoms with Gasteiger partial charge < -0.3 is 15.2 Å². The molecule has 0 saturated heterocycles. The van der Waals surface area contributed by atoms with E-state index >= 15 is 0 Å². The highest BCUT2D eigenvalue weighted by Crippen LogP contribution is 2.27. The Kier molecular flexibility index (Phi) is 1.89. The molecule has 0 radical (unpaired) electrons. The van der Waals surface area contributed by atoms with Crippen LogP contribution in [0.25, 0.3) is 10.9 Å². The Hall–Kier alpha value is -1.97. The van der Waals surface area contributed by atoms with E-state index in [1.807, 2.05) is 0 Å². The van der Waals surface area contributed by atoms with E-state index in [0.29, 0.717) is 10.9 Å². The molecule has 1 aromatic carbocycles. The number of hydrogen-bond acceptors (Lipinski definition) is 2. The van der Waals surface area contributed by atoms with Gasteiger partial charge in [0.15, 0.2) is 0 Å². The third-order valence-corrected chi connectivity index (χ3v) is 2.11. The first-order valence-corrected chi connectivity index (χ1v) is 4.18. The number of H-pyrrole nitrogens is 1. The minimum absolute atomic E-state index is 0.0857. The molecule has 0 atom stereocenters. The van der Waals surface area contributed by atoms with Crippen molar-refractivity contribution in [3.8, 4) is 5.75 Å². The minimum Gasteiger partial charge on any atom is -0.507 e. The van der Waals surface area contributed by atoms with Crippen molar-refractivity contribution in [3.63, 3.8) is 0 Å². The van der Waals surface area contributed by atoms with Crippen molar-refractivity contribution in [1.82, 2.24) is 4.98 Å². The number of benzene rings is 1. The van der Waals surface area contributed by atoms with Crippen LogP contribution in [-0.4, -0.2) is 21.2 Å². The lowest BCUT2D eigenvalue weighted by Crippen LogP contribution is -1.98. The van der Waals surface area contributed by atoms with Crippen LogP contribution in [0.15, 0.2) is 24.4 Å². The number of nitrogens with one attached hydrogen (secondary N) is 1. The summed E-state index contributed by atoms with van der Waals surface area (Å²) in [5.41, 5.74) is 1.35. The molecule has 1 heterocycles. The monoisotopic (exact) mass is 191 g/mol. The largest absolute Gasteiger partial charge is 0.507 e. The maximum Gasteiger partial charge on any atom is 0.307 e. The molecule has 3 N–H and O–H groups in total. The zero-order valence-corrected chi connectivity index (χ0v) is 7.32. The first-order valence-electron chi connectivity index (χ1n) is 4.18. The van der Waals surface area contributed by atoms with Gasteiger partial charge in [0, 0.05) is 17.1 Å². The Bertz CT molecular complexity index is 487. The van der Waals surface area contributed by atoms with Crippen molar-refractivity contribution in [1.29, 1.82) is 0 Å². The third kappa shape index (κ3) is 1.31.